The number of rotatable bonds is 5. The Morgan fingerprint density at radius 3 is 2.92 bits per heavy atom. The quantitative estimate of drug-likeness (QED) is 0.652. The second-order valence-corrected chi connectivity index (χ2v) is 2.76. The van der Waals surface area contributed by atoms with Gasteiger partial charge in [0, 0.05) is 19.5 Å². The predicted octanol–water partition coefficient (Wildman–Crippen LogP) is 2.15. The van der Waals surface area contributed by atoms with Gasteiger partial charge in [0.2, 0.25) is 0 Å². The first-order valence-corrected chi connectivity index (χ1v) is 4.39. The van der Waals surface area contributed by atoms with Crippen LogP contribution in [0.4, 0.5) is 0 Å². The van der Waals surface area contributed by atoms with Gasteiger partial charge in [-0.25, -0.2) is 0 Å². The van der Waals surface area contributed by atoms with Crippen LogP contribution in [0.25, 0.3) is 0 Å². The van der Waals surface area contributed by atoms with Crippen molar-refractivity contribution in [2.45, 2.75) is 19.4 Å². The number of pyridine rings is 1. The van der Waals surface area contributed by atoms with Gasteiger partial charge >= 0.3 is 0 Å². The summed E-state index contributed by atoms with van der Waals surface area (Å²) in [7, 11) is 1.62. The molecule has 3 nitrogen and oxygen atoms in total. The van der Waals surface area contributed by atoms with Crippen LogP contribution in [0.3, 0.4) is 0 Å². The van der Waals surface area contributed by atoms with E-state index in [1.165, 1.54) is 0 Å². The topological polar surface area (TPSA) is 31.4 Å². The Balaban J connectivity index is 2.56. The normalized spacial score (nSPS) is 12.8. The van der Waals surface area contributed by atoms with E-state index < -0.39 is 0 Å². The van der Waals surface area contributed by atoms with Crippen molar-refractivity contribution in [3.8, 4) is 0 Å². The van der Waals surface area contributed by atoms with E-state index in [1.807, 2.05) is 18.3 Å². The van der Waals surface area contributed by atoms with E-state index in [2.05, 4.69) is 11.9 Å². The monoisotopic (exact) mass is 181 g/mol. The molecule has 0 spiro atoms. The Labute approximate surface area is 78.7 Å². The van der Waals surface area contributed by atoms with Crippen LogP contribution >= 0.6 is 0 Å². The number of methoxy groups -OCH3 is 1. The van der Waals surface area contributed by atoms with Crippen LogP contribution in [0.5, 0.6) is 0 Å². The van der Waals surface area contributed by atoms with E-state index in [-0.39, 0.29) is 6.10 Å². The van der Waals surface area contributed by atoms with Gasteiger partial charge in [0.05, 0.1) is 6.10 Å². The van der Waals surface area contributed by atoms with Crippen molar-refractivity contribution in [2.75, 3.05) is 13.9 Å². The third-order valence-corrected chi connectivity index (χ3v) is 1.81. The molecule has 13 heavy (non-hydrogen) atoms. The molecule has 0 aliphatic carbocycles. The van der Waals surface area contributed by atoms with Gasteiger partial charge in [-0.2, -0.15) is 0 Å². The summed E-state index contributed by atoms with van der Waals surface area (Å²) in [5, 5.41) is 0. The predicted molar refractivity (Wildman–Crippen MR) is 50.2 cm³/mol. The first-order valence-electron chi connectivity index (χ1n) is 4.39. The molecule has 1 rings (SSSR count). The summed E-state index contributed by atoms with van der Waals surface area (Å²) >= 11 is 0. The van der Waals surface area contributed by atoms with Gasteiger partial charge in [-0.05, 0) is 18.1 Å². The maximum atomic E-state index is 5.46. The highest BCUT2D eigenvalue weighted by Crippen LogP contribution is 2.19. The molecule has 1 atom stereocenters. The van der Waals surface area contributed by atoms with Crippen LogP contribution in [-0.4, -0.2) is 18.9 Å². The van der Waals surface area contributed by atoms with Crippen molar-refractivity contribution in [3.05, 3.63) is 30.1 Å². The second-order valence-electron chi connectivity index (χ2n) is 2.76. The molecule has 1 aromatic rings. The van der Waals surface area contributed by atoms with Crippen molar-refractivity contribution >= 4 is 0 Å². The van der Waals surface area contributed by atoms with Crippen molar-refractivity contribution in [1.82, 2.24) is 4.98 Å². The summed E-state index contributed by atoms with van der Waals surface area (Å²) in [5.74, 6) is 0. The zero-order valence-corrected chi connectivity index (χ0v) is 8.06. The molecule has 0 radical (unpaired) electrons. The largest absolute Gasteiger partial charge is 0.359 e. The third-order valence-electron chi connectivity index (χ3n) is 1.81. The van der Waals surface area contributed by atoms with Gasteiger partial charge < -0.3 is 9.47 Å². The van der Waals surface area contributed by atoms with Gasteiger partial charge in [0.25, 0.3) is 0 Å². The molecule has 0 aromatic carbocycles. The van der Waals surface area contributed by atoms with Crippen molar-refractivity contribution < 1.29 is 9.47 Å². The van der Waals surface area contributed by atoms with Gasteiger partial charge in [-0.1, -0.05) is 13.0 Å². The molecule has 1 heterocycles. The number of ether oxygens (including phenoxy) is 2. The lowest BCUT2D eigenvalue weighted by atomic mass is 10.1. The van der Waals surface area contributed by atoms with Gasteiger partial charge in [-0.3, -0.25) is 4.98 Å². The number of hydrogen-bond acceptors (Lipinski definition) is 3. The Bertz CT molecular complexity index is 226. The number of hydrogen-bond donors (Lipinski definition) is 0. The van der Waals surface area contributed by atoms with Gasteiger partial charge in [-0.15, -0.1) is 0 Å². The minimum absolute atomic E-state index is 0.0913. The molecular formula is C10H15NO2. The average Bonchev–Trinajstić information content (AvgIpc) is 2.21. The van der Waals surface area contributed by atoms with Crippen LogP contribution in [0.2, 0.25) is 0 Å². The minimum Gasteiger partial charge on any atom is -0.359 e. The Kier molecular flexibility index (Phi) is 4.43. The van der Waals surface area contributed by atoms with Crippen LogP contribution < -0.4 is 0 Å². The lowest BCUT2D eigenvalue weighted by Gasteiger charge is -2.14. The first-order chi connectivity index (χ1) is 6.38. The van der Waals surface area contributed by atoms with Crippen LogP contribution in [0, 0.1) is 0 Å². The highest BCUT2D eigenvalue weighted by atomic mass is 16.7. The van der Waals surface area contributed by atoms with E-state index in [9.17, 15) is 0 Å². The third kappa shape index (κ3) is 3.13. The molecule has 0 saturated heterocycles. The van der Waals surface area contributed by atoms with Crippen LogP contribution in [-0.2, 0) is 9.47 Å². The first kappa shape index (κ1) is 10.2. The fraction of sp³-hybridized carbons (Fsp3) is 0.500. The van der Waals surface area contributed by atoms with E-state index in [1.54, 1.807) is 13.3 Å². The Morgan fingerprint density at radius 1 is 1.54 bits per heavy atom. The standard InChI is InChI=1S/C10H15NO2/c1-3-10(13-8-12-2)9-5-4-6-11-7-9/h4-7,10H,3,8H2,1-2H3. The molecule has 1 aromatic heterocycles. The average molecular weight is 181 g/mol. The molecule has 0 aliphatic heterocycles. The molecule has 0 fully saturated rings. The highest BCUT2D eigenvalue weighted by molar-refractivity contribution is 5.11. The zero-order valence-electron chi connectivity index (χ0n) is 8.06. The summed E-state index contributed by atoms with van der Waals surface area (Å²) in [6.45, 7) is 2.40. The van der Waals surface area contributed by atoms with Gasteiger partial charge in [0.1, 0.15) is 6.79 Å². The molecule has 72 valence electrons. The minimum atomic E-state index is 0.0913. The SMILES string of the molecule is CCC(OCOC)c1cccnc1. The van der Waals surface area contributed by atoms with Crippen molar-refractivity contribution in [2.24, 2.45) is 0 Å². The summed E-state index contributed by atoms with van der Waals surface area (Å²) in [4.78, 5) is 4.04. The molecule has 1 unspecified atom stereocenters. The zero-order chi connectivity index (χ0) is 9.52. The number of aromatic nitrogens is 1. The van der Waals surface area contributed by atoms with Crippen molar-refractivity contribution in [1.29, 1.82) is 0 Å². The maximum absolute atomic E-state index is 5.46. The highest BCUT2D eigenvalue weighted by Gasteiger charge is 2.08. The molecule has 0 aliphatic rings. The fourth-order valence-corrected chi connectivity index (χ4v) is 1.17. The molecule has 0 saturated carbocycles. The summed E-state index contributed by atoms with van der Waals surface area (Å²) in [5.41, 5.74) is 1.10. The number of nitrogens with zero attached hydrogens (tertiary/aromatic N) is 1. The molecular weight excluding hydrogens is 166 g/mol. The summed E-state index contributed by atoms with van der Waals surface area (Å²) < 4.78 is 10.3. The molecule has 0 N–H and O–H groups in total. The van der Waals surface area contributed by atoms with E-state index in [4.69, 9.17) is 9.47 Å². The summed E-state index contributed by atoms with van der Waals surface area (Å²) in [6, 6.07) is 3.92. The van der Waals surface area contributed by atoms with E-state index in [0.29, 0.717) is 6.79 Å². The molecule has 0 bridgehead atoms. The maximum Gasteiger partial charge on any atom is 0.147 e. The van der Waals surface area contributed by atoms with Crippen LogP contribution in [0.15, 0.2) is 24.5 Å². The Hall–Kier alpha value is -0.930. The lowest BCUT2D eigenvalue weighted by molar-refractivity contribution is -0.0744. The summed E-state index contributed by atoms with van der Waals surface area (Å²) in [6.07, 6.45) is 4.60. The van der Waals surface area contributed by atoms with Gasteiger partial charge in [0.15, 0.2) is 0 Å². The lowest BCUT2D eigenvalue weighted by Crippen LogP contribution is -2.05. The second kappa shape index (κ2) is 5.67. The molecule has 0 amide bonds. The van der Waals surface area contributed by atoms with Crippen LogP contribution in [0.1, 0.15) is 25.0 Å². The van der Waals surface area contributed by atoms with E-state index in [0.717, 1.165) is 12.0 Å². The van der Waals surface area contributed by atoms with E-state index >= 15 is 0 Å². The molecule has 3 heteroatoms. The van der Waals surface area contributed by atoms with Crippen molar-refractivity contribution in [3.63, 3.8) is 0 Å². The smallest absolute Gasteiger partial charge is 0.147 e. The fourth-order valence-electron chi connectivity index (χ4n) is 1.17. The Morgan fingerprint density at radius 2 is 2.38 bits per heavy atom.